The molecule has 0 atom stereocenters. The summed E-state index contributed by atoms with van der Waals surface area (Å²) in [6.07, 6.45) is 0. The molecule has 0 bridgehead atoms. The Morgan fingerprint density at radius 3 is 2.53 bits per heavy atom. The minimum Gasteiger partial charge on any atom is -0.476 e. The van der Waals surface area contributed by atoms with E-state index >= 15 is 0 Å². The minimum atomic E-state index is -1.16. The van der Waals surface area contributed by atoms with E-state index in [0.29, 0.717) is 0 Å². The number of carboxylic acids is 1. The Labute approximate surface area is 94.2 Å². The Kier molecular flexibility index (Phi) is 3.46. The van der Waals surface area contributed by atoms with Crippen LogP contribution in [0.2, 0.25) is 0 Å². The lowest BCUT2D eigenvalue weighted by molar-refractivity contribution is -0.118. The third kappa shape index (κ3) is 2.56. The van der Waals surface area contributed by atoms with Gasteiger partial charge in [-0.25, -0.2) is 4.79 Å². The van der Waals surface area contributed by atoms with E-state index in [9.17, 15) is 9.59 Å². The molecule has 0 saturated carbocycles. The molecule has 0 aliphatic carbocycles. The van der Waals surface area contributed by atoms with Crippen molar-refractivity contribution in [1.82, 2.24) is 10.2 Å². The van der Waals surface area contributed by atoms with E-state index in [0.717, 1.165) is 0 Å². The highest BCUT2D eigenvalue weighted by Crippen LogP contribution is 2.23. The highest BCUT2D eigenvalue weighted by atomic mass is 79.9. The van der Waals surface area contributed by atoms with E-state index in [2.05, 4.69) is 31.4 Å². The molecule has 1 heterocycles. The van der Waals surface area contributed by atoms with Crippen LogP contribution in [0.3, 0.4) is 0 Å². The number of carbonyl (C=O) groups excluding carboxylic acids is 1. The normalized spacial score (nSPS) is 10.4. The number of carboxylic acid groups (broad SMARTS) is 1. The van der Waals surface area contributed by atoms with Gasteiger partial charge in [-0.15, -0.1) is 0 Å². The van der Waals surface area contributed by atoms with Gasteiger partial charge in [0.15, 0.2) is 5.69 Å². The predicted octanol–water partition coefficient (Wildman–Crippen LogP) is 1.46. The number of rotatable bonds is 3. The van der Waals surface area contributed by atoms with Crippen molar-refractivity contribution in [2.45, 2.75) is 13.8 Å². The van der Waals surface area contributed by atoms with Crippen LogP contribution in [0.1, 0.15) is 24.3 Å². The van der Waals surface area contributed by atoms with Gasteiger partial charge in [0.05, 0.1) is 4.47 Å². The fraction of sp³-hybridized carbons (Fsp3) is 0.375. The molecule has 0 fully saturated rings. The van der Waals surface area contributed by atoms with Crippen LogP contribution in [-0.2, 0) is 4.79 Å². The summed E-state index contributed by atoms with van der Waals surface area (Å²) < 4.78 is 0.240. The van der Waals surface area contributed by atoms with Crippen molar-refractivity contribution in [3.63, 3.8) is 0 Å². The molecule has 1 rings (SSSR count). The predicted molar refractivity (Wildman–Crippen MR) is 56.7 cm³/mol. The molecule has 82 valence electrons. The summed E-state index contributed by atoms with van der Waals surface area (Å²) in [5, 5.41) is 17.2. The number of nitrogens with one attached hydrogen (secondary N) is 2. The van der Waals surface area contributed by atoms with Gasteiger partial charge in [-0.05, 0) is 15.9 Å². The number of hydrogen-bond donors (Lipinski definition) is 3. The molecular formula is C8H10BrN3O3. The van der Waals surface area contributed by atoms with Crippen molar-refractivity contribution in [3.05, 3.63) is 10.2 Å². The summed E-state index contributed by atoms with van der Waals surface area (Å²) in [7, 11) is 0. The highest BCUT2D eigenvalue weighted by Gasteiger charge is 2.18. The molecule has 0 spiro atoms. The first kappa shape index (κ1) is 11.7. The van der Waals surface area contributed by atoms with E-state index in [1.807, 2.05) is 0 Å². The number of amides is 1. The smallest absolute Gasteiger partial charge is 0.357 e. The van der Waals surface area contributed by atoms with E-state index in [1.54, 1.807) is 13.8 Å². The molecule has 1 amide bonds. The third-order valence-electron chi connectivity index (χ3n) is 1.68. The lowest BCUT2D eigenvalue weighted by atomic mass is 10.2. The Morgan fingerprint density at radius 1 is 1.53 bits per heavy atom. The molecule has 0 radical (unpaired) electrons. The van der Waals surface area contributed by atoms with Gasteiger partial charge in [-0.1, -0.05) is 13.8 Å². The maximum Gasteiger partial charge on any atom is 0.357 e. The van der Waals surface area contributed by atoms with Crippen molar-refractivity contribution >= 4 is 33.6 Å². The Balaban J connectivity index is 2.88. The molecule has 3 N–H and O–H groups in total. The number of H-pyrrole nitrogens is 1. The van der Waals surface area contributed by atoms with Crippen molar-refractivity contribution in [2.75, 3.05) is 5.32 Å². The number of aromatic nitrogens is 2. The van der Waals surface area contributed by atoms with Gasteiger partial charge >= 0.3 is 5.97 Å². The molecule has 0 aliphatic heterocycles. The van der Waals surface area contributed by atoms with Gasteiger partial charge in [0.25, 0.3) is 0 Å². The molecule has 15 heavy (non-hydrogen) atoms. The topological polar surface area (TPSA) is 95.1 Å². The average Bonchev–Trinajstić information content (AvgIpc) is 2.48. The summed E-state index contributed by atoms with van der Waals surface area (Å²) >= 11 is 3.04. The van der Waals surface area contributed by atoms with Crippen LogP contribution in [0.4, 0.5) is 5.82 Å². The Morgan fingerprint density at radius 2 is 2.13 bits per heavy atom. The van der Waals surface area contributed by atoms with E-state index in [4.69, 9.17) is 5.11 Å². The van der Waals surface area contributed by atoms with Crippen molar-refractivity contribution in [2.24, 2.45) is 5.92 Å². The minimum absolute atomic E-state index is 0.158. The molecule has 0 aromatic carbocycles. The SMILES string of the molecule is CC(C)C(=O)Nc1[nH]nc(C(=O)O)c1Br. The van der Waals surface area contributed by atoms with Crippen LogP contribution < -0.4 is 5.32 Å². The van der Waals surface area contributed by atoms with E-state index in [1.165, 1.54) is 0 Å². The monoisotopic (exact) mass is 275 g/mol. The zero-order valence-electron chi connectivity index (χ0n) is 8.17. The summed E-state index contributed by atoms with van der Waals surface area (Å²) in [6.45, 7) is 3.47. The number of anilines is 1. The number of nitrogens with zero attached hydrogens (tertiary/aromatic N) is 1. The first-order valence-corrected chi connectivity index (χ1v) is 5.00. The van der Waals surface area contributed by atoms with E-state index < -0.39 is 5.97 Å². The van der Waals surface area contributed by atoms with Gasteiger partial charge in [-0.2, -0.15) is 5.10 Å². The largest absolute Gasteiger partial charge is 0.476 e. The lowest BCUT2D eigenvalue weighted by Gasteiger charge is -2.05. The average molecular weight is 276 g/mol. The first-order chi connectivity index (χ1) is 6.93. The molecule has 1 aromatic heterocycles. The van der Waals surface area contributed by atoms with Crippen molar-refractivity contribution in [3.8, 4) is 0 Å². The quantitative estimate of drug-likeness (QED) is 0.778. The maximum atomic E-state index is 11.3. The van der Waals surface area contributed by atoms with Crippen LogP contribution in [0.25, 0.3) is 0 Å². The molecular weight excluding hydrogens is 266 g/mol. The highest BCUT2D eigenvalue weighted by molar-refractivity contribution is 9.10. The summed E-state index contributed by atoms with van der Waals surface area (Å²) in [5.41, 5.74) is -0.158. The van der Waals surface area contributed by atoms with Gasteiger partial charge in [0.2, 0.25) is 5.91 Å². The first-order valence-electron chi connectivity index (χ1n) is 4.21. The second kappa shape index (κ2) is 4.43. The zero-order valence-corrected chi connectivity index (χ0v) is 9.75. The third-order valence-corrected chi connectivity index (χ3v) is 2.45. The van der Waals surface area contributed by atoms with Crippen LogP contribution in [0.5, 0.6) is 0 Å². The number of carbonyl (C=O) groups is 2. The fourth-order valence-corrected chi connectivity index (χ4v) is 1.27. The van der Waals surface area contributed by atoms with Crippen LogP contribution >= 0.6 is 15.9 Å². The standard InChI is InChI=1S/C8H10BrN3O3/c1-3(2)7(13)10-6-4(9)5(8(14)15)11-12-6/h3H,1-2H3,(H,14,15)(H2,10,11,12,13). The molecule has 1 aromatic rings. The number of aromatic carboxylic acids is 1. The maximum absolute atomic E-state index is 11.3. The Hall–Kier alpha value is -1.37. The van der Waals surface area contributed by atoms with Crippen molar-refractivity contribution < 1.29 is 14.7 Å². The van der Waals surface area contributed by atoms with Gasteiger partial charge < -0.3 is 10.4 Å². The van der Waals surface area contributed by atoms with E-state index in [-0.39, 0.29) is 27.8 Å². The summed E-state index contributed by atoms with van der Waals surface area (Å²) in [6, 6.07) is 0. The van der Waals surface area contributed by atoms with Crippen LogP contribution in [0.15, 0.2) is 4.47 Å². The van der Waals surface area contributed by atoms with Crippen LogP contribution in [0, 0.1) is 5.92 Å². The van der Waals surface area contributed by atoms with Crippen LogP contribution in [-0.4, -0.2) is 27.2 Å². The molecule has 0 aliphatic rings. The number of aromatic amines is 1. The van der Waals surface area contributed by atoms with Gasteiger partial charge in [0.1, 0.15) is 5.82 Å². The fourth-order valence-electron chi connectivity index (χ4n) is 0.820. The number of halogens is 1. The summed E-state index contributed by atoms with van der Waals surface area (Å²) in [5.74, 6) is -1.31. The summed E-state index contributed by atoms with van der Waals surface area (Å²) in [4.78, 5) is 21.9. The molecule has 0 saturated heterocycles. The second-order valence-electron chi connectivity index (χ2n) is 3.21. The van der Waals surface area contributed by atoms with Crippen molar-refractivity contribution in [1.29, 1.82) is 0 Å². The molecule has 6 nitrogen and oxygen atoms in total. The lowest BCUT2D eigenvalue weighted by Crippen LogP contribution is -2.18. The molecule has 0 unspecified atom stereocenters. The second-order valence-corrected chi connectivity index (χ2v) is 4.00. The van der Waals surface area contributed by atoms with Gasteiger partial charge in [-0.3, -0.25) is 9.89 Å². The number of hydrogen-bond acceptors (Lipinski definition) is 3. The van der Waals surface area contributed by atoms with Gasteiger partial charge in [0, 0.05) is 5.92 Å². The molecule has 7 heteroatoms. The Bertz CT molecular complexity index is 400. The zero-order chi connectivity index (χ0) is 11.6.